The summed E-state index contributed by atoms with van der Waals surface area (Å²) in [5.74, 6) is -1.70. The van der Waals surface area contributed by atoms with E-state index in [0.717, 1.165) is 0 Å². The summed E-state index contributed by atoms with van der Waals surface area (Å²) in [4.78, 5) is 44.4. The number of amides is 2. The van der Waals surface area contributed by atoms with E-state index in [-0.39, 0.29) is 23.3 Å². The average Bonchev–Trinajstić information content (AvgIpc) is 2.58. The molecular weight excluding hydrogens is 426 g/mol. The summed E-state index contributed by atoms with van der Waals surface area (Å²) in [6.45, 7) is 7.15. The van der Waals surface area contributed by atoms with Crippen molar-refractivity contribution in [2.45, 2.75) is 52.2 Å². The molecule has 0 aliphatic rings. The van der Waals surface area contributed by atoms with E-state index in [9.17, 15) is 23.9 Å². The Labute approximate surface area is 175 Å². The van der Waals surface area contributed by atoms with Crippen LogP contribution in [0.5, 0.6) is 0 Å². The van der Waals surface area contributed by atoms with Gasteiger partial charge in [-0.15, -0.1) is 0 Å². The molecule has 158 valence electrons. The van der Waals surface area contributed by atoms with Crippen LogP contribution in [0.2, 0.25) is 10.0 Å². The van der Waals surface area contributed by atoms with Gasteiger partial charge in [0.1, 0.15) is 11.7 Å². The molecule has 0 saturated carbocycles. The van der Waals surface area contributed by atoms with E-state index in [2.05, 4.69) is 10.6 Å². The van der Waals surface area contributed by atoms with Crippen LogP contribution in [0.3, 0.4) is 0 Å². The summed E-state index contributed by atoms with van der Waals surface area (Å²) < 4.78 is 11.8. The van der Waals surface area contributed by atoms with Crippen LogP contribution >= 0.6 is 30.8 Å². The van der Waals surface area contributed by atoms with E-state index in [0.29, 0.717) is 17.1 Å². The van der Waals surface area contributed by atoms with Crippen LogP contribution in [0.25, 0.3) is 0 Å². The zero-order valence-electron chi connectivity index (χ0n) is 16.3. The third-order valence-corrected chi connectivity index (χ3v) is 6.38. The third kappa shape index (κ3) is 7.37. The van der Waals surface area contributed by atoms with Crippen LogP contribution in [-0.4, -0.2) is 33.3 Å². The van der Waals surface area contributed by atoms with Crippen LogP contribution in [0.15, 0.2) is 18.2 Å². The van der Waals surface area contributed by atoms with Crippen molar-refractivity contribution in [2.75, 3.05) is 5.32 Å². The third-order valence-electron chi connectivity index (χ3n) is 4.38. The Morgan fingerprint density at radius 2 is 1.71 bits per heavy atom. The molecule has 1 rings (SSSR count). The molecule has 0 radical (unpaired) electrons. The predicted molar refractivity (Wildman–Crippen MR) is 112 cm³/mol. The van der Waals surface area contributed by atoms with Crippen LogP contribution in [0, 0.1) is 11.8 Å². The minimum atomic E-state index is -4.67. The average molecular weight is 453 g/mol. The van der Waals surface area contributed by atoms with Crippen molar-refractivity contribution in [3.63, 3.8) is 0 Å². The quantitative estimate of drug-likeness (QED) is 0.421. The van der Waals surface area contributed by atoms with E-state index in [1.807, 2.05) is 6.92 Å². The predicted octanol–water partition coefficient (Wildman–Crippen LogP) is 4.06. The summed E-state index contributed by atoms with van der Waals surface area (Å²) >= 11 is 11.8. The van der Waals surface area contributed by atoms with Crippen LogP contribution in [0.1, 0.15) is 40.5 Å². The molecule has 3 atom stereocenters. The number of carbonyl (C=O) groups is 2. The van der Waals surface area contributed by atoms with E-state index < -0.39 is 31.1 Å². The fourth-order valence-electron chi connectivity index (χ4n) is 2.59. The lowest BCUT2D eigenvalue weighted by molar-refractivity contribution is -0.127. The highest BCUT2D eigenvalue weighted by atomic mass is 35.5. The summed E-state index contributed by atoms with van der Waals surface area (Å²) in [7, 11) is -4.67. The lowest BCUT2D eigenvalue weighted by atomic mass is 9.97. The van der Waals surface area contributed by atoms with E-state index >= 15 is 0 Å². The van der Waals surface area contributed by atoms with Gasteiger partial charge in [0.15, 0.2) is 0 Å². The minimum absolute atomic E-state index is 0.0117. The first-order valence-electron chi connectivity index (χ1n) is 8.98. The zero-order chi connectivity index (χ0) is 21.6. The molecule has 0 heterocycles. The maximum atomic E-state index is 12.7. The van der Waals surface area contributed by atoms with E-state index in [1.165, 1.54) is 12.1 Å². The monoisotopic (exact) mass is 452 g/mol. The molecule has 0 aromatic heterocycles. The Morgan fingerprint density at radius 3 is 2.18 bits per heavy atom. The van der Waals surface area contributed by atoms with Crippen LogP contribution in [0.4, 0.5) is 5.69 Å². The normalized spacial score (nSPS) is 15.0. The second-order valence-electron chi connectivity index (χ2n) is 7.22. The lowest BCUT2D eigenvalue weighted by Gasteiger charge is -2.27. The van der Waals surface area contributed by atoms with Gasteiger partial charge in [-0.2, -0.15) is 0 Å². The molecule has 1 aromatic rings. The Balaban J connectivity index is 3.03. The number of rotatable bonds is 9. The number of benzene rings is 1. The summed E-state index contributed by atoms with van der Waals surface area (Å²) in [5.41, 5.74) is -1.10. The van der Waals surface area contributed by atoms with Crippen molar-refractivity contribution in [3.05, 3.63) is 28.2 Å². The molecule has 0 aliphatic heterocycles. The molecule has 0 fully saturated rings. The lowest BCUT2D eigenvalue weighted by Crippen LogP contribution is -2.50. The molecule has 10 heteroatoms. The van der Waals surface area contributed by atoms with Gasteiger partial charge in [0, 0.05) is 5.69 Å². The molecule has 0 aliphatic carbocycles. The van der Waals surface area contributed by atoms with Crippen molar-refractivity contribution in [1.29, 1.82) is 0 Å². The van der Waals surface area contributed by atoms with Crippen molar-refractivity contribution in [1.82, 2.24) is 5.32 Å². The maximum Gasteiger partial charge on any atom is 0.337 e. The van der Waals surface area contributed by atoms with Crippen molar-refractivity contribution in [3.8, 4) is 0 Å². The number of nitrogens with one attached hydrogen (secondary N) is 2. The number of halogens is 2. The van der Waals surface area contributed by atoms with Gasteiger partial charge >= 0.3 is 7.60 Å². The molecule has 0 saturated heterocycles. The largest absolute Gasteiger partial charge is 0.343 e. The Bertz CT molecular complexity index is 753. The zero-order valence-corrected chi connectivity index (χ0v) is 18.7. The Hall–Kier alpha value is -1.11. The van der Waals surface area contributed by atoms with Crippen molar-refractivity contribution < 1.29 is 23.9 Å². The Kier molecular flexibility index (Phi) is 9.44. The van der Waals surface area contributed by atoms with Crippen LogP contribution < -0.4 is 10.6 Å². The van der Waals surface area contributed by atoms with Gasteiger partial charge in [-0.05, 0) is 36.5 Å². The highest BCUT2D eigenvalue weighted by Crippen LogP contribution is 2.44. The second-order valence-corrected chi connectivity index (χ2v) is 9.84. The van der Waals surface area contributed by atoms with Gasteiger partial charge in [-0.3, -0.25) is 14.2 Å². The van der Waals surface area contributed by atoms with Gasteiger partial charge < -0.3 is 20.4 Å². The highest BCUT2D eigenvalue weighted by molar-refractivity contribution is 7.53. The standard InChI is InChI=1S/C18H27Cl2N2O5P/c1-5-11(4)16(18(24)21-12-6-7-13(19)14(20)9-12)22-17(23)15(8-10(2)3)28(25,26)27/h6-7,9-11,15-16H,5,8H2,1-4H3,(H,21,24)(H,22,23)(H2,25,26,27)/t11-,15?,16-/m0/s1. The molecule has 4 N–H and O–H groups in total. The molecule has 1 aromatic carbocycles. The highest BCUT2D eigenvalue weighted by Gasteiger charge is 2.38. The van der Waals surface area contributed by atoms with Gasteiger partial charge in [-0.25, -0.2) is 0 Å². The number of carbonyl (C=O) groups excluding carboxylic acids is 2. The second kappa shape index (κ2) is 10.6. The van der Waals surface area contributed by atoms with Crippen molar-refractivity contribution in [2.24, 2.45) is 11.8 Å². The smallest absolute Gasteiger partial charge is 0.337 e. The SMILES string of the molecule is CC[C@H](C)[C@H](NC(=O)C(CC(C)C)P(=O)(O)O)C(=O)Nc1ccc(Cl)c(Cl)c1. The van der Waals surface area contributed by atoms with Crippen LogP contribution in [-0.2, 0) is 14.2 Å². The number of anilines is 1. The number of hydrogen-bond acceptors (Lipinski definition) is 3. The van der Waals surface area contributed by atoms with Gasteiger partial charge in [0.2, 0.25) is 11.8 Å². The summed E-state index contributed by atoms with van der Waals surface area (Å²) in [6, 6.07) is 3.61. The molecule has 0 bridgehead atoms. The number of hydrogen-bond donors (Lipinski definition) is 4. The van der Waals surface area contributed by atoms with E-state index in [4.69, 9.17) is 23.2 Å². The molecule has 1 unspecified atom stereocenters. The molecule has 0 spiro atoms. The topological polar surface area (TPSA) is 116 Å². The minimum Gasteiger partial charge on any atom is -0.343 e. The molecule has 7 nitrogen and oxygen atoms in total. The summed E-state index contributed by atoms with van der Waals surface area (Å²) in [5, 5.41) is 5.79. The fourth-order valence-corrected chi connectivity index (χ4v) is 3.96. The maximum absolute atomic E-state index is 12.7. The first kappa shape index (κ1) is 24.9. The van der Waals surface area contributed by atoms with Gasteiger partial charge in [-0.1, -0.05) is 57.3 Å². The first-order valence-corrected chi connectivity index (χ1v) is 11.4. The molecule has 2 amide bonds. The van der Waals surface area contributed by atoms with E-state index in [1.54, 1.807) is 26.8 Å². The fraction of sp³-hybridized carbons (Fsp3) is 0.556. The molecule has 28 heavy (non-hydrogen) atoms. The first-order chi connectivity index (χ1) is 12.9. The van der Waals surface area contributed by atoms with Gasteiger partial charge in [0.25, 0.3) is 0 Å². The molecular formula is C18H27Cl2N2O5P. The summed E-state index contributed by atoms with van der Waals surface area (Å²) in [6.07, 6.45) is 0.586. The Morgan fingerprint density at radius 1 is 1.11 bits per heavy atom. The van der Waals surface area contributed by atoms with Gasteiger partial charge in [0.05, 0.1) is 10.0 Å². The van der Waals surface area contributed by atoms with Crippen molar-refractivity contribution >= 4 is 48.3 Å².